The van der Waals surface area contributed by atoms with E-state index in [-0.39, 0.29) is 17.8 Å². The molecule has 0 saturated carbocycles. The molecule has 1 aromatic rings. The van der Waals surface area contributed by atoms with Crippen molar-refractivity contribution in [3.05, 3.63) is 35.9 Å². The molecule has 7 heteroatoms. The van der Waals surface area contributed by atoms with Crippen LogP contribution in [0.25, 0.3) is 0 Å². The molecule has 0 radical (unpaired) electrons. The van der Waals surface area contributed by atoms with Crippen LogP contribution in [-0.4, -0.2) is 55.1 Å². The Morgan fingerprint density at radius 3 is 2.35 bits per heavy atom. The van der Waals surface area contributed by atoms with E-state index < -0.39 is 18.1 Å². The van der Waals surface area contributed by atoms with Crippen LogP contribution in [0, 0.1) is 5.92 Å². The maximum atomic E-state index is 12.9. The average molecular weight is 362 g/mol. The Morgan fingerprint density at radius 2 is 1.81 bits per heavy atom. The minimum atomic E-state index is -0.861. The van der Waals surface area contributed by atoms with Gasteiger partial charge in [-0.3, -0.25) is 14.4 Å². The van der Waals surface area contributed by atoms with Crippen molar-refractivity contribution in [1.82, 2.24) is 4.90 Å². The summed E-state index contributed by atoms with van der Waals surface area (Å²) in [6.45, 7) is 2.45. The number of primary amides is 1. The molecule has 0 aromatic heterocycles. The van der Waals surface area contributed by atoms with Gasteiger partial charge in [0.25, 0.3) is 5.91 Å². The second-order valence-corrected chi connectivity index (χ2v) is 6.48. The van der Waals surface area contributed by atoms with E-state index in [9.17, 15) is 14.4 Å². The predicted molar refractivity (Wildman–Crippen MR) is 95.0 cm³/mol. The van der Waals surface area contributed by atoms with Crippen LogP contribution in [0.15, 0.2) is 30.3 Å². The van der Waals surface area contributed by atoms with Crippen LogP contribution in [0.3, 0.4) is 0 Å². The number of carbonyl (C=O) groups excluding carboxylic acids is 3. The van der Waals surface area contributed by atoms with Gasteiger partial charge in [-0.2, -0.15) is 0 Å². The number of likely N-dealkylation sites (tertiary alicyclic amines) is 1. The summed E-state index contributed by atoms with van der Waals surface area (Å²) in [5.74, 6) is -1.22. The Hall–Kier alpha value is -2.41. The number of hydrogen-bond acceptors (Lipinski definition) is 5. The average Bonchev–Trinajstić information content (AvgIpc) is 2.67. The molecule has 7 nitrogen and oxygen atoms in total. The predicted octanol–water partition coefficient (Wildman–Crippen LogP) is 0.900. The number of ether oxygens (including phenoxy) is 2. The molecule has 0 spiro atoms. The second-order valence-electron chi connectivity index (χ2n) is 6.48. The monoisotopic (exact) mass is 362 g/mol. The van der Waals surface area contributed by atoms with Crippen LogP contribution in [0.2, 0.25) is 0 Å². The van der Waals surface area contributed by atoms with Crippen molar-refractivity contribution in [2.45, 2.75) is 38.4 Å². The molecular formula is C19H26N2O5. The number of nitrogens with zero attached hydrogens (tertiary/aromatic N) is 1. The van der Waals surface area contributed by atoms with Crippen LogP contribution in [0.1, 0.15) is 25.3 Å². The third-order valence-corrected chi connectivity index (χ3v) is 4.65. The zero-order valence-corrected chi connectivity index (χ0v) is 15.2. The zero-order chi connectivity index (χ0) is 19.1. The van der Waals surface area contributed by atoms with Gasteiger partial charge in [-0.15, -0.1) is 0 Å². The molecule has 0 unspecified atom stereocenters. The highest BCUT2D eigenvalue weighted by molar-refractivity contribution is 5.83. The largest absolute Gasteiger partial charge is 0.469 e. The summed E-state index contributed by atoms with van der Waals surface area (Å²) in [4.78, 5) is 37.6. The Balaban J connectivity index is 2.05. The van der Waals surface area contributed by atoms with Crippen molar-refractivity contribution in [3.8, 4) is 0 Å². The van der Waals surface area contributed by atoms with Gasteiger partial charge >= 0.3 is 5.97 Å². The molecule has 1 fully saturated rings. The summed E-state index contributed by atoms with van der Waals surface area (Å²) >= 11 is 0. The maximum absolute atomic E-state index is 12.9. The van der Waals surface area contributed by atoms with Crippen molar-refractivity contribution in [2.24, 2.45) is 11.7 Å². The third-order valence-electron chi connectivity index (χ3n) is 4.65. The maximum Gasteiger partial charge on any atom is 0.308 e. The van der Waals surface area contributed by atoms with Gasteiger partial charge < -0.3 is 20.1 Å². The molecule has 1 saturated heterocycles. The van der Waals surface area contributed by atoms with Gasteiger partial charge in [-0.1, -0.05) is 30.3 Å². The molecule has 2 N–H and O–H groups in total. The molecule has 1 heterocycles. The minimum Gasteiger partial charge on any atom is -0.469 e. The first kappa shape index (κ1) is 19.9. The SMILES string of the molecule is COC(=O)C1CCN(C(=O)[C@H](Cc2ccccc2)O[C@@H](C)C(N)=O)CC1. The number of nitrogens with two attached hydrogens (primary N) is 1. The van der Waals surface area contributed by atoms with Crippen LogP contribution >= 0.6 is 0 Å². The lowest BCUT2D eigenvalue weighted by Gasteiger charge is -2.33. The summed E-state index contributed by atoms with van der Waals surface area (Å²) in [7, 11) is 1.37. The van der Waals surface area contributed by atoms with Crippen LogP contribution in [0.4, 0.5) is 0 Å². The molecule has 0 aliphatic carbocycles. The number of benzene rings is 1. The molecular weight excluding hydrogens is 336 g/mol. The van der Waals surface area contributed by atoms with E-state index in [0.29, 0.717) is 32.4 Å². The number of piperidine rings is 1. The molecule has 0 bridgehead atoms. The molecule has 2 atom stereocenters. The topological polar surface area (TPSA) is 98.9 Å². The molecule has 1 aromatic carbocycles. The van der Waals surface area contributed by atoms with Crippen LogP contribution < -0.4 is 5.73 Å². The van der Waals surface area contributed by atoms with Gasteiger partial charge in [-0.25, -0.2) is 0 Å². The summed E-state index contributed by atoms with van der Waals surface area (Å²) in [6, 6.07) is 9.47. The second kappa shape index (κ2) is 9.33. The van der Waals surface area contributed by atoms with E-state index in [2.05, 4.69) is 0 Å². The number of esters is 1. The number of carbonyl (C=O) groups is 3. The van der Waals surface area contributed by atoms with Gasteiger partial charge in [0.15, 0.2) is 0 Å². The number of hydrogen-bond donors (Lipinski definition) is 1. The van der Waals surface area contributed by atoms with Gasteiger partial charge in [-0.05, 0) is 25.3 Å². The Morgan fingerprint density at radius 1 is 1.19 bits per heavy atom. The van der Waals surface area contributed by atoms with Crippen LogP contribution in [0.5, 0.6) is 0 Å². The zero-order valence-electron chi connectivity index (χ0n) is 15.2. The quantitative estimate of drug-likeness (QED) is 0.727. The van der Waals surface area contributed by atoms with Crippen molar-refractivity contribution in [2.75, 3.05) is 20.2 Å². The highest BCUT2D eigenvalue weighted by Gasteiger charge is 2.33. The van der Waals surface area contributed by atoms with Crippen molar-refractivity contribution in [3.63, 3.8) is 0 Å². The highest BCUT2D eigenvalue weighted by atomic mass is 16.5. The normalized spacial score (nSPS) is 17.4. The summed E-state index contributed by atoms with van der Waals surface area (Å²) in [5.41, 5.74) is 6.22. The molecule has 2 amide bonds. The van der Waals surface area contributed by atoms with Gasteiger partial charge in [0, 0.05) is 19.5 Å². The van der Waals surface area contributed by atoms with Crippen molar-refractivity contribution >= 4 is 17.8 Å². The summed E-state index contributed by atoms with van der Waals surface area (Å²) in [5, 5.41) is 0. The first-order valence-electron chi connectivity index (χ1n) is 8.77. The Kier molecular flexibility index (Phi) is 7.15. The number of methoxy groups -OCH3 is 1. The fraction of sp³-hybridized carbons (Fsp3) is 0.526. The summed E-state index contributed by atoms with van der Waals surface area (Å²) < 4.78 is 10.4. The van der Waals surface area contributed by atoms with E-state index in [1.807, 2.05) is 30.3 Å². The lowest BCUT2D eigenvalue weighted by Crippen LogP contribution is -2.48. The standard InChI is InChI=1S/C19H26N2O5/c1-13(17(20)22)26-16(12-14-6-4-3-5-7-14)18(23)21-10-8-15(9-11-21)19(24)25-2/h3-7,13,15-16H,8-12H2,1-2H3,(H2,20,22)/t13-,16-/m0/s1. The van der Waals surface area contributed by atoms with E-state index in [4.69, 9.17) is 15.2 Å². The first-order chi connectivity index (χ1) is 12.4. The lowest BCUT2D eigenvalue weighted by atomic mass is 9.96. The van der Waals surface area contributed by atoms with E-state index >= 15 is 0 Å². The molecule has 142 valence electrons. The van der Waals surface area contributed by atoms with Gasteiger partial charge in [0.2, 0.25) is 5.91 Å². The fourth-order valence-corrected chi connectivity index (χ4v) is 3.04. The van der Waals surface area contributed by atoms with Gasteiger partial charge in [0.05, 0.1) is 13.0 Å². The van der Waals surface area contributed by atoms with Crippen molar-refractivity contribution < 1.29 is 23.9 Å². The molecule has 1 aliphatic heterocycles. The number of rotatable bonds is 7. The van der Waals surface area contributed by atoms with E-state index in [1.165, 1.54) is 14.0 Å². The van der Waals surface area contributed by atoms with E-state index in [0.717, 1.165) is 5.56 Å². The smallest absolute Gasteiger partial charge is 0.308 e. The summed E-state index contributed by atoms with van der Waals surface area (Å²) in [6.07, 6.45) is -0.187. The molecule has 1 aliphatic rings. The first-order valence-corrected chi connectivity index (χ1v) is 8.77. The third kappa shape index (κ3) is 5.29. The van der Waals surface area contributed by atoms with Crippen LogP contribution in [-0.2, 0) is 30.3 Å². The Labute approximate surface area is 153 Å². The molecule has 2 rings (SSSR count). The number of amides is 2. The van der Waals surface area contributed by atoms with Gasteiger partial charge in [0.1, 0.15) is 12.2 Å². The van der Waals surface area contributed by atoms with E-state index in [1.54, 1.807) is 4.90 Å². The van der Waals surface area contributed by atoms with Crippen molar-refractivity contribution in [1.29, 1.82) is 0 Å². The Bertz CT molecular complexity index is 626. The molecule has 26 heavy (non-hydrogen) atoms. The minimum absolute atomic E-state index is 0.179. The lowest BCUT2D eigenvalue weighted by molar-refractivity contribution is -0.155. The fourth-order valence-electron chi connectivity index (χ4n) is 3.04. The highest BCUT2D eigenvalue weighted by Crippen LogP contribution is 2.21.